The summed E-state index contributed by atoms with van der Waals surface area (Å²) < 4.78 is 24.1. The lowest BCUT2D eigenvalue weighted by Gasteiger charge is -2.40. The van der Waals surface area contributed by atoms with E-state index in [1.165, 1.54) is 22.3 Å². The number of nitriles is 1. The Balaban J connectivity index is 1.56. The highest BCUT2D eigenvalue weighted by Crippen LogP contribution is 2.45. The number of thioether (sulfide) groups is 1. The van der Waals surface area contributed by atoms with Gasteiger partial charge < -0.3 is 18.6 Å². The zero-order valence-electron chi connectivity index (χ0n) is 29.2. The molecule has 1 aliphatic rings. The van der Waals surface area contributed by atoms with Crippen molar-refractivity contribution in [1.29, 1.82) is 5.26 Å². The van der Waals surface area contributed by atoms with Crippen molar-refractivity contribution in [2.24, 2.45) is 0 Å². The molecule has 1 aliphatic heterocycles. The second-order valence-electron chi connectivity index (χ2n) is 13.8. The van der Waals surface area contributed by atoms with Crippen LogP contribution in [0.15, 0.2) is 59.5 Å². The smallest absolute Gasteiger partial charge is 0.250 e. The summed E-state index contributed by atoms with van der Waals surface area (Å²) in [5.74, 6) is 3.08. The first-order chi connectivity index (χ1) is 21.9. The van der Waals surface area contributed by atoms with Gasteiger partial charge in [0.25, 0.3) is 8.32 Å². The van der Waals surface area contributed by atoms with E-state index in [0.29, 0.717) is 0 Å². The Hall–Kier alpha value is -3.12. The zero-order chi connectivity index (χ0) is 33.5. The van der Waals surface area contributed by atoms with E-state index in [1.54, 1.807) is 33.1 Å². The van der Waals surface area contributed by atoms with E-state index in [4.69, 9.17) is 18.6 Å². The summed E-state index contributed by atoms with van der Waals surface area (Å²) in [6, 6.07) is 21.7. The lowest BCUT2D eigenvalue weighted by molar-refractivity contribution is 0.207. The Labute approximate surface area is 282 Å². The minimum absolute atomic E-state index is 0.0293. The molecule has 8 heteroatoms. The highest BCUT2D eigenvalue weighted by atomic mass is 32.2. The fourth-order valence-corrected chi connectivity index (χ4v) is 7.73. The van der Waals surface area contributed by atoms with Gasteiger partial charge in [-0.1, -0.05) is 57.4 Å². The van der Waals surface area contributed by atoms with E-state index >= 15 is 0 Å². The third kappa shape index (κ3) is 8.61. The van der Waals surface area contributed by atoms with Gasteiger partial charge in [0, 0.05) is 11.4 Å². The molecule has 0 spiro atoms. The Kier molecular flexibility index (Phi) is 12.2. The average Bonchev–Trinajstić information content (AvgIpc) is 3.03. The van der Waals surface area contributed by atoms with Crippen molar-refractivity contribution in [3.8, 4) is 29.1 Å². The van der Waals surface area contributed by atoms with Crippen LogP contribution in [0.2, 0.25) is 18.1 Å². The van der Waals surface area contributed by atoms with Crippen molar-refractivity contribution in [3.63, 3.8) is 0 Å². The van der Waals surface area contributed by atoms with Crippen molar-refractivity contribution in [2.45, 2.75) is 94.1 Å². The predicted molar refractivity (Wildman–Crippen MR) is 192 cm³/mol. The fraction of sp³-hybridized carbons (Fsp3) is 0.500. The summed E-state index contributed by atoms with van der Waals surface area (Å²) in [4.78, 5) is 3.75. The van der Waals surface area contributed by atoms with Crippen molar-refractivity contribution in [1.82, 2.24) is 4.90 Å². The van der Waals surface area contributed by atoms with Crippen molar-refractivity contribution >= 4 is 20.1 Å². The lowest BCUT2D eigenvalue weighted by atomic mass is 9.87. The number of ether oxygens (including phenoxy) is 3. The molecule has 0 fully saturated rings. The van der Waals surface area contributed by atoms with Crippen LogP contribution in [0.5, 0.6) is 23.0 Å². The van der Waals surface area contributed by atoms with Crippen LogP contribution in [0.1, 0.15) is 74.8 Å². The molecule has 0 amide bonds. The number of rotatable bonds is 14. The van der Waals surface area contributed by atoms with Crippen molar-refractivity contribution in [3.05, 3.63) is 76.9 Å². The summed E-state index contributed by atoms with van der Waals surface area (Å²) >= 11 is 1.68. The van der Waals surface area contributed by atoms with Gasteiger partial charge in [-0.05, 0) is 104 Å². The van der Waals surface area contributed by atoms with Crippen LogP contribution in [0.25, 0.3) is 0 Å². The fourth-order valence-electron chi connectivity index (χ4n) is 5.75. The predicted octanol–water partition coefficient (Wildman–Crippen LogP) is 9.60. The molecule has 3 aromatic rings. The van der Waals surface area contributed by atoms with Crippen LogP contribution in [-0.2, 0) is 6.42 Å². The number of nitrogens with zero attached hydrogens (tertiary/aromatic N) is 2. The van der Waals surface area contributed by atoms with Crippen LogP contribution < -0.4 is 18.6 Å². The molecule has 2 atom stereocenters. The van der Waals surface area contributed by atoms with Gasteiger partial charge >= 0.3 is 0 Å². The van der Waals surface area contributed by atoms with E-state index < -0.39 is 8.32 Å². The molecule has 4 rings (SSSR count). The molecular formula is C38H52N2O4SSi. The largest absolute Gasteiger partial charge is 0.541 e. The van der Waals surface area contributed by atoms with Gasteiger partial charge in [0.15, 0.2) is 17.2 Å². The first-order valence-electron chi connectivity index (χ1n) is 16.4. The van der Waals surface area contributed by atoms with Crippen molar-refractivity contribution in [2.75, 3.05) is 34.4 Å². The summed E-state index contributed by atoms with van der Waals surface area (Å²) in [5, 5.41) is 9.83. The van der Waals surface area contributed by atoms with Crippen LogP contribution in [0.3, 0.4) is 0 Å². The molecule has 0 aliphatic carbocycles. The molecule has 1 heterocycles. The van der Waals surface area contributed by atoms with Gasteiger partial charge in [-0.25, -0.2) is 0 Å². The average molecular weight is 661 g/mol. The number of methoxy groups -OCH3 is 3. The van der Waals surface area contributed by atoms with E-state index in [-0.39, 0.29) is 16.3 Å². The lowest BCUT2D eigenvalue weighted by Crippen LogP contribution is -2.44. The molecule has 0 saturated heterocycles. The van der Waals surface area contributed by atoms with Gasteiger partial charge in [0.1, 0.15) is 5.75 Å². The minimum atomic E-state index is -2.11. The van der Waals surface area contributed by atoms with E-state index in [2.05, 4.69) is 100 Å². The molecular weight excluding hydrogens is 609 g/mol. The highest BCUT2D eigenvalue weighted by Gasteiger charge is 2.40. The van der Waals surface area contributed by atoms with E-state index in [1.807, 2.05) is 6.07 Å². The molecule has 6 nitrogen and oxygen atoms in total. The molecule has 0 radical (unpaired) electrons. The molecule has 2 unspecified atom stereocenters. The van der Waals surface area contributed by atoms with Crippen LogP contribution in [-0.4, -0.2) is 52.9 Å². The molecule has 248 valence electrons. The third-order valence-corrected chi connectivity index (χ3v) is 15.0. The number of hydrogen-bond acceptors (Lipinski definition) is 7. The first kappa shape index (κ1) is 35.7. The van der Waals surface area contributed by atoms with E-state index in [0.717, 1.165) is 73.1 Å². The maximum Gasteiger partial charge on any atom is 0.250 e. The number of benzene rings is 3. The minimum Gasteiger partial charge on any atom is -0.541 e. The van der Waals surface area contributed by atoms with Gasteiger partial charge in [-0.3, -0.25) is 4.90 Å². The van der Waals surface area contributed by atoms with E-state index in [9.17, 15) is 5.26 Å². The van der Waals surface area contributed by atoms with Crippen LogP contribution >= 0.6 is 11.8 Å². The molecule has 3 aromatic carbocycles. The molecule has 0 bridgehead atoms. The second-order valence-corrected chi connectivity index (χ2v) is 19.8. The maximum absolute atomic E-state index is 9.80. The normalized spacial score (nSPS) is 15.9. The summed E-state index contributed by atoms with van der Waals surface area (Å²) in [5.41, 5.74) is 4.96. The third-order valence-electron chi connectivity index (χ3n) is 9.50. The molecule has 46 heavy (non-hydrogen) atoms. The Morgan fingerprint density at radius 2 is 1.57 bits per heavy atom. The van der Waals surface area contributed by atoms with Crippen molar-refractivity contribution < 1.29 is 18.6 Å². The summed E-state index contributed by atoms with van der Waals surface area (Å²) in [6.45, 7) is 15.3. The number of fused-ring (bicyclic) bond motifs is 1. The Morgan fingerprint density at radius 3 is 2.20 bits per heavy atom. The SMILES string of the molecule is COc1ccc(C2c3cc(O[Si](C)(C)C(C)(C)C)c(OC)cc3CCN2CCCCCC(C#N)Sc2ccc(C)cc2)cc1OC. The summed E-state index contributed by atoms with van der Waals surface area (Å²) in [7, 11) is 2.99. The Morgan fingerprint density at radius 1 is 0.891 bits per heavy atom. The second kappa shape index (κ2) is 15.6. The topological polar surface area (TPSA) is 64.0 Å². The number of unbranched alkanes of at least 4 members (excludes halogenated alkanes) is 2. The van der Waals surface area contributed by atoms with Gasteiger partial charge in [0.2, 0.25) is 0 Å². The summed E-state index contributed by atoms with van der Waals surface area (Å²) in [6.07, 6.45) is 5.02. The van der Waals surface area contributed by atoms with Gasteiger partial charge in [0.05, 0.1) is 38.7 Å². The molecule has 0 saturated carbocycles. The standard InChI is InChI=1S/C38H52N2O4SSi/c1-27-14-17-30(18-15-27)45-31(26-39)13-11-10-12-21-40-22-20-28-23-35(43-7)36(44-46(8,9)38(2,3)4)25-32(28)37(40)29-16-19-33(41-5)34(24-29)42-6/h14-19,23-25,31,37H,10-13,20-22H2,1-9H3. The monoisotopic (exact) mass is 660 g/mol. The highest BCUT2D eigenvalue weighted by molar-refractivity contribution is 8.00. The molecule has 0 N–H and O–H groups in total. The zero-order valence-corrected chi connectivity index (χ0v) is 31.1. The number of hydrogen-bond donors (Lipinski definition) is 0. The Bertz CT molecular complexity index is 1500. The van der Waals surface area contributed by atoms with Gasteiger partial charge in [-0.2, -0.15) is 5.26 Å². The molecule has 0 aromatic heterocycles. The first-order valence-corrected chi connectivity index (χ1v) is 20.2. The van der Waals surface area contributed by atoms with Crippen LogP contribution in [0.4, 0.5) is 0 Å². The maximum atomic E-state index is 9.80. The van der Waals surface area contributed by atoms with Crippen LogP contribution in [0, 0.1) is 18.3 Å². The van der Waals surface area contributed by atoms with Gasteiger partial charge in [-0.15, -0.1) is 11.8 Å². The quantitative estimate of drug-likeness (QED) is 0.0969. The number of aryl methyl sites for hydroxylation is 1.